The summed E-state index contributed by atoms with van der Waals surface area (Å²) in [4.78, 5) is 10.8. The number of aldehydes is 1. The maximum atomic E-state index is 10.8. The topological polar surface area (TPSA) is 55.8 Å². The van der Waals surface area contributed by atoms with E-state index in [4.69, 9.17) is 26.2 Å². The Bertz CT molecular complexity index is 365. The fourth-order valence-electron chi connectivity index (χ4n) is 1.22. The van der Waals surface area contributed by atoms with E-state index in [2.05, 4.69) is 0 Å². The molecule has 0 saturated heterocycles. The SMILES string of the molecule is COc1cc(Cl)cc(C=O)c1OCCCO. The molecule has 0 unspecified atom stereocenters. The Labute approximate surface area is 98.7 Å². The van der Waals surface area contributed by atoms with Crippen molar-refractivity contribution in [3.63, 3.8) is 0 Å². The molecule has 1 aromatic carbocycles. The van der Waals surface area contributed by atoms with Gasteiger partial charge in [-0.15, -0.1) is 0 Å². The predicted molar refractivity (Wildman–Crippen MR) is 60.6 cm³/mol. The smallest absolute Gasteiger partial charge is 0.171 e. The van der Waals surface area contributed by atoms with Crippen molar-refractivity contribution in [1.82, 2.24) is 0 Å². The Hall–Kier alpha value is -1.26. The third kappa shape index (κ3) is 3.12. The summed E-state index contributed by atoms with van der Waals surface area (Å²) in [5, 5.41) is 9.05. The van der Waals surface area contributed by atoms with Crippen LogP contribution in [0.1, 0.15) is 16.8 Å². The molecule has 0 atom stereocenters. The minimum absolute atomic E-state index is 0.0341. The van der Waals surface area contributed by atoms with Gasteiger partial charge in [0.2, 0.25) is 0 Å². The number of ether oxygens (including phenoxy) is 2. The number of halogens is 1. The van der Waals surface area contributed by atoms with Gasteiger partial charge in [-0.1, -0.05) is 11.6 Å². The van der Waals surface area contributed by atoms with Gasteiger partial charge in [-0.25, -0.2) is 0 Å². The highest BCUT2D eigenvalue weighted by Crippen LogP contribution is 2.33. The maximum absolute atomic E-state index is 10.8. The first-order valence-corrected chi connectivity index (χ1v) is 5.17. The van der Waals surface area contributed by atoms with Crippen molar-refractivity contribution >= 4 is 17.9 Å². The van der Waals surface area contributed by atoms with E-state index in [-0.39, 0.29) is 6.61 Å². The van der Waals surface area contributed by atoms with Gasteiger partial charge in [0.05, 0.1) is 19.3 Å². The lowest BCUT2D eigenvalue weighted by molar-refractivity contribution is 0.111. The Morgan fingerprint density at radius 1 is 1.50 bits per heavy atom. The monoisotopic (exact) mass is 244 g/mol. The minimum Gasteiger partial charge on any atom is -0.493 e. The van der Waals surface area contributed by atoms with Crippen LogP contribution in [0.2, 0.25) is 5.02 Å². The van der Waals surface area contributed by atoms with Gasteiger partial charge in [0, 0.05) is 24.1 Å². The van der Waals surface area contributed by atoms with Crippen LogP contribution in [0.5, 0.6) is 11.5 Å². The van der Waals surface area contributed by atoms with Crippen molar-refractivity contribution in [2.75, 3.05) is 20.3 Å². The molecular weight excluding hydrogens is 232 g/mol. The van der Waals surface area contributed by atoms with Crippen LogP contribution in [0.15, 0.2) is 12.1 Å². The van der Waals surface area contributed by atoms with Crippen LogP contribution in [-0.4, -0.2) is 31.7 Å². The van der Waals surface area contributed by atoms with E-state index >= 15 is 0 Å². The average Bonchev–Trinajstić information content (AvgIpc) is 2.30. The summed E-state index contributed by atoms with van der Waals surface area (Å²) in [5.74, 6) is 0.767. The lowest BCUT2D eigenvalue weighted by atomic mass is 10.2. The molecule has 0 heterocycles. The molecule has 5 heteroatoms. The molecule has 88 valence electrons. The van der Waals surface area contributed by atoms with Crippen molar-refractivity contribution in [1.29, 1.82) is 0 Å². The van der Waals surface area contributed by atoms with E-state index in [9.17, 15) is 4.79 Å². The first kappa shape index (κ1) is 12.8. The van der Waals surface area contributed by atoms with Gasteiger partial charge in [-0.05, 0) is 6.07 Å². The first-order chi connectivity index (χ1) is 7.72. The Morgan fingerprint density at radius 2 is 2.25 bits per heavy atom. The molecule has 0 aliphatic heterocycles. The Morgan fingerprint density at radius 3 is 2.81 bits per heavy atom. The lowest BCUT2D eigenvalue weighted by Gasteiger charge is -2.12. The second-order valence-electron chi connectivity index (χ2n) is 3.07. The second-order valence-corrected chi connectivity index (χ2v) is 3.51. The highest BCUT2D eigenvalue weighted by atomic mass is 35.5. The summed E-state index contributed by atoms with van der Waals surface area (Å²) in [6.45, 7) is 0.349. The van der Waals surface area contributed by atoms with Gasteiger partial charge in [0.15, 0.2) is 17.8 Å². The zero-order chi connectivity index (χ0) is 12.0. The van der Waals surface area contributed by atoms with Crippen LogP contribution in [0.4, 0.5) is 0 Å². The van der Waals surface area contributed by atoms with Crippen LogP contribution >= 0.6 is 11.6 Å². The van der Waals surface area contributed by atoms with Gasteiger partial charge >= 0.3 is 0 Å². The molecule has 4 nitrogen and oxygen atoms in total. The zero-order valence-electron chi connectivity index (χ0n) is 8.90. The summed E-state index contributed by atoms with van der Waals surface area (Å²) in [7, 11) is 1.47. The van der Waals surface area contributed by atoms with Gasteiger partial charge < -0.3 is 14.6 Å². The normalized spacial score (nSPS) is 9.94. The molecule has 0 amide bonds. The summed E-state index contributed by atoms with van der Waals surface area (Å²) < 4.78 is 10.4. The van der Waals surface area contributed by atoms with Crippen molar-refractivity contribution < 1.29 is 19.4 Å². The van der Waals surface area contributed by atoms with Crippen LogP contribution in [0, 0.1) is 0 Å². The largest absolute Gasteiger partial charge is 0.493 e. The predicted octanol–water partition coefficient (Wildman–Crippen LogP) is 1.92. The highest BCUT2D eigenvalue weighted by Gasteiger charge is 2.12. The van der Waals surface area contributed by atoms with Crippen molar-refractivity contribution in [2.45, 2.75) is 6.42 Å². The first-order valence-electron chi connectivity index (χ1n) is 4.79. The molecule has 0 bridgehead atoms. The zero-order valence-corrected chi connectivity index (χ0v) is 9.66. The highest BCUT2D eigenvalue weighted by molar-refractivity contribution is 6.31. The number of rotatable bonds is 6. The number of aliphatic hydroxyl groups excluding tert-OH is 1. The van der Waals surface area contributed by atoms with Gasteiger partial charge in [-0.3, -0.25) is 4.79 Å². The van der Waals surface area contributed by atoms with Crippen LogP contribution in [0.3, 0.4) is 0 Å². The van der Waals surface area contributed by atoms with Gasteiger partial charge in [-0.2, -0.15) is 0 Å². The standard InChI is InChI=1S/C11H13ClO4/c1-15-10-6-9(12)5-8(7-14)11(10)16-4-2-3-13/h5-7,13H,2-4H2,1H3. The number of carbonyl (C=O) groups excluding carboxylic acids is 1. The van der Waals surface area contributed by atoms with Crippen LogP contribution in [-0.2, 0) is 0 Å². The fourth-order valence-corrected chi connectivity index (χ4v) is 1.44. The molecule has 0 aliphatic rings. The fraction of sp³-hybridized carbons (Fsp3) is 0.364. The number of benzene rings is 1. The van der Waals surface area contributed by atoms with E-state index in [1.807, 2.05) is 0 Å². The molecule has 1 rings (SSSR count). The number of hydrogen-bond acceptors (Lipinski definition) is 4. The van der Waals surface area contributed by atoms with E-state index < -0.39 is 0 Å². The number of aliphatic hydroxyl groups is 1. The number of methoxy groups -OCH3 is 1. The van der Waals surface area contributed by atoms with Crippen molar-refractivity contribution in [2.24, 2.45) is 0 Å². The van der Waals surface area contributed by atoms with E-state index in [1.165, 1.54) is 13.2 Å². The molecule has 16 heavy (non-hydrogen) atoms. The Kier molecular flexibility index (Phi) is 5.08. The molecule has 0 aliphatic carbocycles. The van der Waals surface area contributed by atoms with Gasteiger partial charge in [0.1, 0.15) is 0 Å². The van der Waals surface area contributed by atoms with E-state index in [1.54, 1.807) is 6.07 Å². The summed E-state index contributed by atoms with van der Waals surface area (Å²) in [6, 6.07) is 3.08. The average molecular weight is 245 g/mol. The Balaban J connectivity index is 2.97. The van der Waals surface area contributed by atoms with E-state index in [0.717, 1.165) is 0 Å². The molecule has 1 aromatic rings. The molecular formula is C11H13ClO4. The van der Waals surface area contributed by atoms with E-state index in [0.29, 0.717) is 41.4 Å². The summed E-state index contributed by atoms with van der Waals surface area (Å²) in [5.41, 5.74) is 0.335. The maximum Gasteiger partial charge on any atom is 0.171 e. The lowest BCUT2D eigenvalue weighted by Crippen LogP contribution is -2.03. The molecule has 0 spiro atoms. The molecule has 0 aromatic heterocycles. The van der Waals surface area contributed by atoms with Crippen LogP contribution in [0.25, 0.3) is 0 Å². The third-order valence-electron chi connectivity index (χ3n) is 1.94. The molecule has 0 fully saturated rings. The third-order valence-corrected chi connectivity index (χ3v) is 2.16. The van der Waals surface area contributed by atoms with Crippen molar-refractivity contribution in [3.8, 4) is 11.5 Å². The molecule has 1 N–H and O–H groups in total. The quantitative estimate of drug-likeness (QED) is 0.614. The number of hydrogen-bond donors (Lipinski definition) is 1. The molecule has 0 radical (unpaired) electrons. The number of carbonyl (C=O) groups is 1. The van der Waals surface area contributed by atoms with Crippen molar-refractivity contribution in [3.05, 3.63) is 22.7 Å². The second kappa shape index (κ2) is 6.35. The molecule has 0 saturated carbocycles. The minimum atomic E-state index is 0.0341. The summed E-state index contributed by atoms with van der Waals surface area (Å²) in [6.07, 6.45) is 1.15. The van der Waals surface area contributed by atoms with Gasteiger partial charge in [0.25, 0.3) is 0 Å². The summed E-state index contributed by atoms with van der Waals surface area (Å²) >= 11 is 5.81. The van der Waals surface area contributed by atoms with Crippen LogP contribution < -0.4 is 9.47 Å².